The average Bonchev–Trinajstić information content (AvgIpc) is 3.42. The number of nitrogens with zero attached hydrogens (tertiary/aromatic N) is 3. The first-order valence-electron chi connectivity index (χ1n) is 9.14. The molecule has 1 amide bonds. The average molecular weight is 407 g/mol. The molecule has 0 radical (unpaired) electrons. The summed E-state index contributed by atoms with van der Waals surface area (Å²) in [4.78, 5) is 20.1. The van der Waals surface area contributed by atoms with Crippen LogP contribution < -0.4 is 4.74 Å². The van der Waals surface area contributed by atoms with Crippen LogP contribution >= 0.6 is 11.8 Å². The van der Waals surface area contributed by atoms with Gasteiger partial charge in [-0.25, -0.2) is 4.99 Å². The predicted molar refractivity (Wildman–Crippen MR) is 115 cm³/mol. The smallest absolute Gasteiger partial charge is 0.267 e. The van der Waals surface area contributed by atoms with Gasteiger partial charge in [-0.2, -0.15) is 0 Å². The number of hydrogen-bond acceptors (Lipinski definition) is 5. The number of aromatic nitrogens is 1. The molecule has 0 atom stereocenters. The van der Waals surface area contributed by atoms with E-state index in [2.05, 4.69) is 4.57 Å². The largest absolute Gasteiger partial charge is 0.497 e. The minimum absolute atomic E-state index is 0.0856. The zero-order valence-corrected chi connectivity index (χ0v) is 17.3. The molecule has 4 rings (SSSR count). The molecule has 0 bridgehead atoms. The van der Waals surface area contributed by atoms with Gasteiger partial charge < -0.3 is 13.7 Å². The Balaban J connectivity index is 1.69. The third kappa shape index (κ3) is 4.00. The molecule has 2 aromatic heterocycles. The predicted octanol–water partition coefficient (Wildman–Crippen LogP) is 4.74. The number of carbonyl (C=O) groups excluding carboxylic acids is 1. The number of methoxy groups -OCH3 is 1. The van der Waals surface area contributed by atoms with Crippen LogP contribution in [-0.2, 0) is 18.4 Å². The second-order valence-corrected chi connectivity index (χ2v) is 7.64. The van der Waals surface area contributed by atoms with E-state index in [4.69, 9.17) is 14.1 Å². The lowest BCUT2D eigenvalue weighted by Gasteiger charge is -2.13. The van der Waals surface area contributed by atoms with Crippen molar-refractivity contribution >= 4 is 34.6 Å². The summed E-state index contributed by atoms with van der Waals surface area (Å²) in [6.45, 7) is 2.36. The zero-order valence-electron chi connectivity index (χ0n) is 16.5. The summed E-state index contributed by atoms with van der Waals surface area (Å²) in [5, 5.41) is 0.619. The fraction of sp³-hybridized carbons (Fsp3) is 0.182. The lowest BCUT2D eigenvalue weighted by atomic mass is 10.3. The zero-order chi connectivity index (χ0) is 20.4. The van der Waals surface area contributed by atoms with Gasteiger partial charge >= 0.3 is 0 Å². The summed E-state index contributed by atoms with van der Waals surface area (Å²) in [6, 6.07) is 15.1. The number of aliphatic imine (C=N–C) groups is 1. The minimum Gasteiger partial charge on any atom is -0.497 e. The molecule has 0 unspecified atom stereocenters. The molecule has 0 N–H and O–H groups in total. The van der Waals surface area contributed by atoms with Gasteiger partial charge in [-0.3, -0.25) is 9.69 Å². The monoisotopic (exact) mass is 407 g/mol. The molecule has 148 valence electrons. The summed E-state index contributed by atoms with van der Waals surface area (Å²) in [7, 11) is 3.61. The number of amidine groups is 1. The standard InChI is InChI=1S/C22H21N3O3S/c1-15-6-9-17(24(15)2)13-20-21(26)25(14-19-5-4-12-28-19)22(29-20)23-16-7-10-18(27-3)11-8-16/h4-13H,14H2,1-3H3/b20-13-,23-22?. The van der Waals surface area contributed by atoms with Gasteiger partial charge in [0.15, 0.2) is 5.17 Å². The highest BCUT2D eigenvalue weighted by atomic mass is 32.2. The second kappa shape index (κ2) is 8.05. The molecule has 0 spiro atoms. The summed E-state index contributed by atoms with van der Waals surface area (Å²) < 4.78 is 12.7. The van der Waals surface area contributed by atoms with E-state index < -0.39 is 0 Å². The molecule has 6 nitrogen and oxygen atoms in total. The van der Waals surface area contributed by atoms with Crippen molar-refractivity contribution in [1.29, 1.82) is 0 Å². The van der Waals surface area contributed by atoms with E-state index in [0.29, 0.717) is 22.4 Å². The first kappa shape index (κ1) is 19.1. The maximum atomic E-state index is 13.1. The quantitative estimate of drug-likeness (QED) is 0.573. The Morgan fingerprint density at radius 3 is 2.59 bits per heavy atom. The first-order chi connectivity index (χ1) is 14.0. The van der Waals surface area contributed by atoms with Crippen LogP contribution in [0.25, 0.3) is 6.08 Å². The van der Waals surface area contributed by atoms with Gasteiger partial charge in [0, 0.05) is 18.4 Å². The molecule has 3 aromatic rings. The number of benzene rings is 1. The molecule has 1 fully saturated rings. The molecule has 1 saturated heterocycles. The van der Waals surface area contributed by atoms with Crippen LogP contribution in [0.2, 0.25) is 0 Å². The number of rotatable bonds is 5. The van der Waals surface area contributed by atoms with Crippen LogP contribution in [0.1, 0.15) is 17.1 Å². The Morgan fingerprint density at radius 1 is 1.17 bits per heavy atom. The van der Waals surface area contributed by atoms with E-state index in [1.807, 2.05) is 68.6 Å². The maximum Gasteiger partial charge on any atom is 0.267 e. The summed E-state index contributed by atoms with van der Waals surface area (Å²) in [5.74, 6) is 1.38. The Kier molecular flexibility index (Phi) is 5.31. The number of hydrogen-bond donors (Lipinski definition) is 0. The van der Waals surface area contributed by atoms with E-state index >= 15 is 0 Å². The Labute approximate surface area is 173 Å². The number of furan rings is 1. The number of carbonyl (C=O) groups is 1. The minimum atomic E-state index is -0.0856. The third-order valence-electron chi connectivity index (χ3n) is 4.77. The lowest BCUT2D eigenvalue weighted by Crippen LogP contribution is -2.28. The summed E-state index contributed by atoms with van der Waals surface area (Å²) >= 11 is 1.37. The lowest BCUT2D eigenvalue weighted by molar-refractivity contribution is -0.122. The second-order valence-electron chi connectivity index (χ2n) is 6.63. The van der Waals surface area contributed by atoms with Crippen LogP contribution in [0.5, 0.6) is 5.75 Å². The van der Waals surface area contributed by atoms with Gasteiger partial charge in [-0.1, -0.05) is 0 Å². The van der Waals surface area contributed by atoms with E-state index in [1.54, 1.807) is 18.3 Å². The fourth-order valence-electron chi connectivity index (χ4n) is 2.97. The van der Waals surface area contributed by atoms with Crippen LogP contribution in [0.4, 0.5) is 5.69 Å². The molecule has 1 aromatic carbocycles. The van der Waals surface area contributed by atoms with Crippen LogP contribution in [0.15, 0.2) is 69.1 Å². The van der Waals surface area contributed by atoms with Gasteiger partial charge in [0.05, 0.1) is 30.5 Å². The number of thioether (sulfide) groups is 1. The van der Waals surface area contributed by atoms with Crippen molar-refractivity contribution in [3.05, 3.63) is 76.8 Å². The van der Waals surface area contributed by atoms with Crippen LogP contribution in [0, 0.1) is 6.92 Å². The van der Waals surface area contributed by atoms with Crippen molar-refractivity contribution in [2.24, 2.45) is 12.0 Å². The van der Waals surface area contributed by atoms with E-state index in [0.717, 1.165) is 22.8 Å². The fourth-order valence-corrected chi connectivity index (χ4v) is 3.95. The molecule has 0 saturated carbocycles. The van der Waals surface area contributed by atoms with Crippen LogP contribution in [-0.4, -0.2) is 27.7 Å². The Hall–Kier alpha value is -3.19. The maximum absolute atomic E-state index is 13.1. The topological polar surface area (TPSA) is 60.0 Å². The highest BCUT2D eigenvalue weighted by Crippen LogP contribution is 2.35. The molecule has 7 heteroatoms. The van der Waals surface area contributed by atoms with Gasteiger partial charge in [-0.15, -0.1) is 0 Å². The van der Waals surface area contributed by atoms with Crippen LogP contribution in [0.3, 0.4) is 0 Å². The SMILES string of the molecule is COc1ccc(N=C2S/C(=C\c3ccc(C)n3C)C(=O)N2Cc2ccco2)cc1. The molecule has 0 aliphatic carbocycles. The molecule has 1 aliphatic heterocycles. The number of ether oxygens (including phenoxy) is 1. The number of aryl methyl sites for hydroxylation is 1. The van der Waals surface area contributed by atoms with Gasteiger partial charge in [-0.05, 0) is 73.3 Å². The van der Waals surface area contributed by atoms with Crippen molar-refractivity contribution in [2.45, 2.75) is 13.5 Å². The molecule has 29 heavy (non-hydrogen) atoms. The third-order valence-corrected chi connectivity index (χ3v) is 5.78. The molecule has 1 aliphatic rings. The highest BCUT2D eigenvalue weighted by Gasteiger charge is 2.34. The van der Waals surface area contributed by atoms with Gasteiger partial charge in [0.2, 0.25) is 0 Å². The van der Waals surface area contributed by atoms with E-state index in [9.17, 15) is 4.79 Å². The Morgan fingerprint density at radius 2 is 1.97 bits per heavy atom. The van der Waals surface area contributed by atoms with Gasteiger partial charge in [0.1, 0.15) is 11.5 Å². The van der Waals surface area contributed by atoms with Crippen molar-refractivity contribution in [1.82, 2.24) is 9.47 Å². The van der Waals surface area contributed by atoms with Crippen molar-refractivity contribution in [3.8, 4) is 5.75 Å². The van der Waals surface area contributed by atoms with Crippen molar-refractivity contribution in [2.75, 3.05) is 7.11 Å². The normalized spacial score (nSPS) is 16.9. The van der Waals surface area contributed by atoms with E-state index in [-0.39, 0.29) is 5.91 Å². The highest BCUT2D eigenvalue weighted by molar-refractivity contribution is 8.18. The summed E-state index contributed by atoms with van der Waals surface area (Å²) in [6.07, 6.45) is 3.51. The van der Waals surface area contributed by atoms with Crippen molar-refractivity contribution < 1.29 is 13.9 Å². The summed E-state index contributed by atoms with van der Waals surface area (Å²) in [5.41, 5.74) is 2.86. The Bertz CT molecular complexity index is 1080. The number of amides is 1. The molecule has 3 heterocycles. The van der Waals surface area contributed by atoms with E-state index in [1.165, 1.54) is 11.8 Å². The first-order valence-corrected chi connectivity index (χ1v) is 9.95. The molecular weight excluding hydrogens is 386 g/mol. The van der Waals surface area contributed by atoms with Crippen molar-refractivity contribution in [3.63, 3.8) is 0 Å². The van der Waals surface area contributed by atoms with Gasteiger partial charge in [0.25, 0.3) is 5.91 Å². The molecular formula is C22H21N3O3S.